The molecular weight excluding hydrogens is 528 g/mol. The molecule has 0 aliphatic rings. The summed E-state index contributed by atoms with van der Waals surface area (Å²) in [6.45, 7) is 5.92. The van der Waals surface area contributed by atoms with E-state index < -0.39 is 0 Å². The smallest absolute Gasteiger partial charge is 0.265 e. The zero-order valence-electron chi connectivity index (χ0n) is 22.9. The summed E-state index contributed by atoms with van der Waals surface area (Å²) in [6.07, 6.45) is 3.15. The lowest BCUT2D eigenvalue weighted by molar-refractivity contribution is 0.0989. The summed E-state index contributed by atoms with van der Waals surface area (Å²) in [5.74, 6) is 0.582. The van der Waals surface area contributed by atoms with Crippen LogP contribution in [0.5, 0.6) is 11.8 Å². The van der Waals surface area contributed by atoms with Crippen LogP contribution in [0.2, 0.25) is 5.02 Å². The van der Waals surface area contributed by atoms with Crippen molar-refractivity contribution in [3.05, 3.63) is 83.4 Å². The van der Waals surface area contributed by atoms with Crippen LogP contribution in [0.3, 0.4) is 0 Å². The number of rotatable bonds is 13. The lowest BCUT2D eigenvalue weighted by Gasteiger charge is -2.12. The molecule has 208 valence electrons. The normalized spacial score (nSPS) is 11.7. The summed E-state index contributed by atoms with van der Waals surface area (Å²) in [4.78, 5) is 0. The predicted molar refractivity (Wildman–Crippen MR) is 157 cm³/mol. The zero-order chi connectivity index (χ0) is 28.3. The van der Waals surface area contributed by atoms with Crippen molar-refractivity contribution in [1.29, 1.82) is 0 Å². The van der Waals surface area contributed by atoms with Gasteiger partial charge in [0.05, 0.1) is 35.8 Å². The largest absolute Gasteiger partial charge is 0.492 e. The first-order valence-electron chi connectivity index (χ1n) is 13.2. The quantitative estimate of drug-likeness (QED) is 0.130. The molecule has 1 N–H and O–H groups in total. The van der Waals surface area contributed by atoms with E-state index in [2.05, 4.69) is 39.4 Å². The van der Waals surface area contributed by atoms with Gasteiger partial charge in [-0.2, -0.15) is 14.9 Å². The number of para-hydroxylation sites is 1. The van der Waals surface area contributed by atoms with E-state index in [1.165, 1.54) is 17.4 Å². The fraction of sp³-hybridized carbons (Fsp3) is 0.300. The number of methoxy groups -OCH3 is 1. The fourth-order valence-corrected chi connectivity index (χ4v) is 4.12. The fourth-order valence-electron chi connectivity index (χ4n) is 3.91. The van der Waals surface area contributed by atoms with Gasteiger partial charge in [0.1, 0.15) is 5.69 Å². The SMILES string of the molecule is CCC(CC)COCCc1ccc(/N=N/c2ccc(/N=N/c3c(OC)nn(-c4ccccc4)c3O)cc2Cl)cc1. The zero-order valence-corrected chi connectivity index (χ0v) is 23.6. The number of nitrogens with zero attached hydrogens (tertiary/aromatic N) is 6. The van der Waals surface area contributed by atoms with Crippen LogP contribution in [-0.2, 0) is 11.2 Å². The summed E-state index contributed by atoms with van der Waals surface area (Å²) in [5, 5.41) is 32.2. The highest BCUT2D eigenvalue weighted by atomic mass is 35.5. The highest BCUT2D eigenvalue weighted by Crippen LogP contribution is 2.39. The standard InChI is InChI=1S/C30H33ClN6O3/c1-4-21(5-2)20-40-18-17-22-11-13-23(14-12-22)32-34-27-16-15-24(19-26(27)31)33-35-28-29(39-3)36-37(30(28)38)25-9-7-6-8-10-25/h6-16,19,21,38H,4-5,17-18,20H2,1-3H3/b34-32+,35-33+. The molecular formula is C30H33ClN6O3. The Hall–Kier alpha value is -4.08. The summed E-state index contributed by atoms with van der Waals surface area (Å²) in [6, 6.07) is 22.1. The lowest BCUT2D eigenvalue weighted by atomic mass is 10.1. The Labute approximate surface area is 239 Å². The van der Waals surface area contributed by atoms with Crippen molar-refractivity contribution in [3.8, 4) is 17.4 Å². The second kappa shape index (κ2) is 14.3. The number of aromatic hydroxyl groups is 1. The van der Waals surface area contributed by atoms with E-state index >= 15 is 0 Å². The van der Waals surface area contributed by atoms with Gasteiger partial charge < -0.3 is 14.6 Å². The second-order valence-corrected chi connectivity index (χ2v) is 9.55. The van der Waals surface area contributed by atoms with Crippen LogP contribution in [0.1, 0.15) is 32.3 Å². The minimum atomic E-state index is -0.191. The maximum absolute atomic E-state index is 10.7. The second-order valence-electron chi connectivity index (χ2n) is 9.14. The molecule has 0 spiro atoms. The van der Waals surface area contributed by atoms with Gasteiger partial charge in [0.25, 0.3) is 5.88 Å². The molecule has 1 heterocycles. The molecule has 0 amide bonds. The van der Waals surface area contributed by atoms with Gasteiger partial charge in [0.2, 0.25) is 11.6 Å². The van der Waals surface area contributed by atoms with E-state index in [1.807, 2.05) is 42.5 Å². The summed E-state index contributed by atoms with van der Waals surface area (Å²) < 4.78 is 12.4. The maximum atomic E-state index is 10.7. The molecule has 0 saturated carbocycles. The van der Waals surface area contributed by atoms with Crippen LogP contribution < -0.4 is 4.74 Å². The molecule has 40 heavy (non-hydrogen) atoms. The molecule has 0 saturated heterocycles. The van der Waals surface area contributed by atoms with Crippen molar-refractivity contribution >= 4 is 34.4 Å². The summed E-state index contributed by atoms with van der Waals surface area (Å²) in [7, 11) is 1.45. The number of aromatic nitrogens is 2. The van der Waals surface area contributed by atoms with Crippen LogP contribution in [0.4, 0.5) is 22.7 Å². The van der Waals surface area contributed by atoms with E-state index in [4.69, 9.17) is 21.1 Å². The Kier molecular flexibility index (Phi) is 10.4. The Morgan fingerprint density at radius 3 is 2.27 bits per heavy atom. The molecule has 4 rings (SSSR count). The topological polar surface area (TPSA) is 106 Å². The lowest BCUT2D eigenvalue weighted by Crippen LogP contribution is -2.09. The molecule has 0 radical (unpaired) electrons. The number of ether oxygens (including phenoxy) is 2. The molecule has 3 aromatic carbocycles. The Balaban J connectivity index is 1.38. The molecule has 0 fully saturated rings. The van der Waals surface area contributed by atoms with Gasteiger partial charge in [-0.3, -0.25) is 0 Å². The molecule has 1 aromatic heterocycles. The number of azo groups is 2. The van der Waals surface area contributed by atoms with Crippen LogP contribution >= 0.6 is 11.6 Å². The highest BCUT2D eigenvalue weighted by molar-refractivity contribution is 6.33. The monoisotopic (exact) mass is 560 g/mol. The minimum absolute atomic E-state index is 0.104. The highest BCUT2D eigenvalue weighted by Gasteiger charge is 2.19. The van der Waals surface area contributed by atoms with Crippen molar-refractivity contribution < 1.29 is 14.6 Å². The molecule has 0 unspecified atom stereocenters. The average Bonchev–Trinajstić information content (AvgIpc) is 3.31. The van der Waals surface area contributed by atoms with Gasteiger partial charge in [-0.05, 0) is 60.4 Å². The van der Waals surface area contributed by atoms with Gasteiger partial charge in [-0.25, -0.2) is 0 Å². The van der Waals surface area contributed by atoms with Crippen molar-refractivity contribution in [2.75, 3.05) is 20.3 Å². The number of halogens is 1. The molecule has 10 heteroatoms. The Morgan fingerprint density at radius 1 is 0.900 bits per heavy atom. The third-order valence-electron chi connectivity index (χ3n) is 6.45. The van der Waals surface area contributed by atoms with Crippen LogP contribution in [0.25, 0.3) is 5.69 Å². The van der Waals surface area contributed by atoms with Gasteiger partial charge in [0.15, 0.2) is 0 Å². The van der Waals surface area contributed by atoms with Crippen LogP contribution in [0.15, 0.2) is 93.3 Å². The third-order valence-corrected chi connectivity index (χ3v) is 6.75. The minimum Gasteiger partial charge on any atom is -0.492 e. The molecule has 0 aliphatic carbocycles. The molecule has 0 atom stereocenters. The Bertz CT molecular complexity index is 1430. The van der Waals surface area contributed by atoms with E-state index in [1.54, 1.807) is 30.3 Å². The van der Waals surface area contributed by atoms with E-state index in [0.717, 1.165) is 31.6 Å². The van der Waals surface area contributed by atoms with Gasteiger partial charge in [0, 0.05) is 6.61 Å². The molecule has 4 aromatic rings. The first-order valence-corrected chi connectivity index (χ1v) is 13.6. The van der Waals surface area contributed by atoms with Crippen LogP contribution in [0, 0.1) is 5.92 Å². The van der Waals surface area contributed by atoms with Crippen molar-refractivity contribution in [3.63, 3.8) is 0 Å². The number of hydrogen-bond donors (Lipinski definition) is 1. The van der Waals surface area contributed by atoms with Crippen molar-refractivity contribution in [1.82, 2.24) is 9.78 Å². The molecule has 0 aliphatic heterocycles. The Morgan fingerprint density at radius 2 is 1.60 bits per heavy atom. The third kappa shape index (κ3) is 7.52. The maximum Gasteiger partial charge on any atom is 0.265 e. The first kappa shape index (κ1) is 28.9. The predicted octanol–water partition coefficient (Wildman–Crippen LogP) is 9.07. The summed E-state index contributed by atoms with van der Waals surface area (Å²) >= 11 is 6.43. The van der Waals surface area contributed by atoms with Gasteiger partial charge >= 0.3 is 0 Å². The van der Waals surface area contributed by atoms with E-state index in [9.17, 15) is 5.11 Å². The molecule has 0 bridgehead atoms. The molecule has 9 nitrogen and oxygen atoms in total. The van der Waals surface area contributed by atoms with Crippen molar-refractivity contribution in [2.45, 2.75) is 33.1 Å². The van der Waals surface area contributed by atoms with Gasteiger partial charge in [-0.1, -0.05) is 68.6 Å². The summed E-state index contributed by atoms with van der Waals surface area (Å²) in [5.41, 5.74) is 3.64. The first-order chi connectivity index (χ1) is 19.5. The van der Waals surface area contributed by atoms with Crippen LogP contribution in [-0.4, -0.2) is 35.2 Å². The van der Waals surface area contributed by atoms with E-state index in [0.29, 0.717) is 34.6 Å². The van der Waals surface area contributed by atoms with Crippen molar-refractivity contribution in [2.24, 2.45) is 26.4 Å². The number of hydrogen-bond acceptors (Lipinski definition) is 8. The average molecular weight is 561 g/mol. The van der Waals surface area contributed by atoms with Gasteiger partial charge in [-0.15, -0.1) is 15.3 Å². The van der Waals surface area contributed by atoms with E-state index in [-0.39, 0.29) is 17.4 Å². The number of benzene rings is 3.